The van der Waals surface area contributed by atoms with Crippen LogP contribution in [0, 0.1) is 26.6 Å². The number of rotatable bonds is 4. The highest BCUT2D eigenvalue weighted by atomic mass is 19.1. The lowest BCUT2D eigenvalue weighted by Gasteiger charge is -2.17. The zero-order valence-corrected chi connectivity index (χ0v) is 13.3. The van der Waals surface area contributed by atoms with Gasteiger partial charge in [0.1, 0.15) is 11.9 Å². The molecule has 2 N–H and O–H groups in total. The van der Waals surface area contributed by atoms with Gasteiger partial charge in [-0.1, -0.05) is 23.8 Å². The van der Waals surface area contributed by atoms with Gasteiger partial charge in [-0.3, -0.25) is 4.79 Å². The van der Waals surface area contributed by atoms with Crippen molar-refractivity contribution >= 4 is 17.3 Å². The van der Waals surface area contributed by atoms with Gasteiger partial charge in [0.15, 0.2) is 0 Å². The van der Waals surface area contributed by atoms with Crippen LogP contribution in [0.1, 0.15) is 23.6 Å². The number of carbonyl (C=O) groups is 1. The summed E-state index contributed by atoms with van der Waals surface area (Å²) in [5, 5.41) is 5.90. The van der Waals surface area contributed by atoms with Crippen molar-refractivity contribution in [3.05, 3.63) is 58.9 Å². The van der Waals surface area contributed by atoms with Crippen LogP contribution >= 0.6 is 0 Å². The fourth-order valence-electron chi connectivity index (χ4n) is 2.19. The summed E-state index contributed by atoms with van der Waals surface area (Å²) in [7, 11) is 0. The Kier molecular flexibility index (Phi) is 4.81. The molecule has 0 aliphatic rings. The van der Waals surface area contributed by atoms with E-state index in [1.54, 1.807) is 26.0 Å². The minimum Gasteiger partial charge on any atom is -0.374 e. The van der Waals surface area contributed by atoms with Crippen LogP contribution in [0.2, 0.25) is 0 Å². The Labute approximate surface area is 130 Å². The first-order valence-electron chi connectivity index (χ1n) is 7.27. The van der Waals surface area contributed by atoms with Gasteiger partial charge < -0.3 is 10.6 Å². The van der Waals surface area contributed by atoms with Crippen molar-refractivity contribution < 1.29 is 9.18 Å². The van der Waals surface area contributed by atoms with Gasteiger partial charge in [-0.15, -0.1) is 0 Å². The summed E-state index contributed by atoms with van der Waals surface area (Å²) in [5.41, 5.74) is 4.13. The minimum absolute atomic E-state index is 0.159. The summed E-state index contributed by atoms with van der Waals surface area (Å²) in [5.74, 6) is -0.445. The Morgan fingerprint density at radius 2 is 1.77 bits per heavy atom. The van der Waals surface area contributed by atoms with Crippen LogP contribution < -0.4 is 10.6 Å². The highest BCUT2D eigenvalue weighted by Crippen LogP contribution is 2.18. The second kappa shape index (κ2) is 6.60. The first kappa shape index (κ1) is 16.0. The van der Waals surface area contributed by atoms with E-state index in [1.165, 1.54) is 6.07 Å². The van der Waals surface area contributed by atoms with Crippen LogP contribution in [0.25, 0.3) is 0 Å². The monoisotopic (exact) mass is 300 g/mol. The first-order chi connectivity index (χ1) is 10.4. The molecule has 0 heterocycles. The van der Waals surface area contributed by atoms with Crippen LogP contribution in [-0.2, 0) is 4.79 Å². The zero-order chi connectivity index (χ0) is 16.3. The summed E-state index contributed by atoms with van der Waals surface area (Å²) < 4.78 is 13.5. The maximum absolute atomic E-state index is 13.5. The number of carbonyl (C=O) groups excluding carboxylic acids is 1. The van der Waals surface area contributed by atoms with Gasteiger partial charge in [-0.25, -0.2) is 4.39 Å². The number of nitrogens with one attached hydrogen (secondary N) is 2. The molecular formula is C18H21FN2O. The van der Waals surface area contributed by atoms with Gasteiger partial charge >= 0.3 is 0 Å². The molecule has 2 aromatic rings. The van der Waals surface area contributed by atoms with Crippen molar-refractivity contribution in [1.82, 2.24) is 0 Å². The maximum Gasteiger partial charge on any atom is 0.246 e. The Bertz CT molecular complexity index is 697. The van der Waals surface area contributed by atoms with Crippen molar-refractivity contribution in [2.75, 3.05) is 10.6 Å². The quantitative estimate of drug-likeness (QED) is 0.889. The number of aryl methyl sites for hydroxylation is 3. The number of amides is 1. The Morgan fingerprint density at radius 3 is 2.41 bits per heavy atom. The molecule has 116 valence electrons. The molecule has 0 fully saturated rings. The van der Waals surface area contributed by atoms with E-state index in [1.807, 2.05) is 32.0 Å². The van der Waals surface area contributed by atoms with E-state index in [9.17, 15) is 9.18 Å². The normalized spacial score (nSPS) is 11.9. The molecule has 0 aliphatic heterocycles. The highest BCUT2D eigenvalue weighted by molar-refractivity contribution is 5.96. The molecule has 1 atom stereocenters. The Hall–Kier alpha value is -2.36. The molecule has 4 heteroatoms. The molecule has 3 nitrogen and oxygen atoms in total. The lowest BCUT2D eigenvalue weighted by Crippen LogP contribution is -2.32. The van der Waals surface area contributed by atoms with Gasteiger partial charge in [-0.05, 0) is 57.0 Å². The Balaban J connectivity index is 2.04. The van der Waals surface area contributed by atoms with Gasteiger partial charge in [0.25, 0.3) is 0 Å². The summed E-state index contributed by atoms with van der Waals surface area (Å²) in [6, 6.07) is 10.2. The van der Waals surface area contributed by atoms with Crippen LogP contribution in [0.4, 0.5) is 15.8 Å². The smallest absolute Gasteiger partial charge is 0.246 e. The third-order valence-electron chi connectivity index (χ3n) is 3.59. The van der Waals surface area contributed by atoms with Crippen molar-refractivity contribution in [2.24, 2.45) is 0 Å². The number of benzene rings is 2. The maximum atomic E-state index is 13.5. The Morgan fingerprint density at radius 1 is 1.05 bits per heavy atom. The molecule has 2 aromatic carbocycles. The molecular weight excluding hydrogens is 279 g/mol. The fraction of sp³-hybridized carbons (Fsp3) is 0.278. The second-order valence-electron chi connectivity index (χ2n) is 5.64. The SMILES string of the molecule is Cc1ccc(NC(=O)C(C)Nc2ccc(C)c(F)c2)c(C)c1. The molecule has 0 aliphatic carbocycles. The summed E-state index contributed by atoms with van der Waals surface area (Å²) in [4.78, 5) is 12.2. The van der Waals surface area contributed by atoms with E-state index < -0.39 is 6.04 Å². The molecule has 0 saturated heterocycles. The van der Waals surface area contributed by atoms with Crippen LogP contribution in [0.15, 0.2) is 36.4 Å². The molecule has 1 amide bonds. The number of halogens is 1. The highest BCUT2D eigenvalue weighted by Gasteiger charge is 2.14. The van der Waals surface area contributed by atoms with E-state index in [0.717, 1.165) is 16.8 Å². The van der Waals surface area contributed by atoms with Crippen molar-refractivity contribution in [3.8, 4) is 0 Å². The van der Waals surface area contributed by atoms with E-state index in [2.05, 4.69) is 10.6 Å². The molecule has 0 radical (unpaired) electrons. The number of hydrogen-bond acceptors (Lipinski definition) is 2. The third kappa shape index (κ3) is 3.85. The van der Waals surface area contributed by atoms with Gasteiger partial charge in [-0.2, -0.15) is 0 Å². The van der Waals surface area contributed by atoms with E-state index in [0.29, 0.717) is 11.3 Å². The minimum atomic E-state index is -0.470. The largest absolute Gasteiger partial charge is 0.374 e. The van der Waals surface area contributed by atoms with E-state index in [4.69, 9.17) is 0 Å². The van der Waals surface area contributed by atoms with Crippen molar-refractivity contribution in [3.63, 3.8) is 0 Å². The molecule has 1 unspecified atom stereocenters. The predicted octanol–water partition coefficient (Wildman–Crippen LogP) is 4.19. The molecule has 0 bridgehead atoms. The van der Waals surface area contributed by atoms with Crippen LogP contribution in [-0.4, -0.2) is 11.9 Å². The fourth-order valence-corrected chi connectivity index (χ4v) is 2.19. The van der Waals surface area contributed by atoms with Crippen LogP contribution in [0.3, 0.4) is 0 Å². The average molecular weight is 300 g/mol. The lowest BCUT2D eigenvalue weighted by atomic mass is 10.1. The predicted molar refractivity (Wildman–Crippen MR) is 88.8 cm³/mol. The van der Waals surface area contributed by atoms with E-state index in [-0.39, 0.29) is 11.7 Å². The molecule has 22 heavy (non-hydrogen) atoms. The standard InChI is InChI=1S/C18H21FN2O/c1-11-5-8-17(13(3)9-11)21-18(22)14(4)20-15-7-6-12(2)16(19)10-15/h5-10,14,20H,1-4H3,(H,21,22). The zero-order valence-electron chi connectivity index (χ0n) is 13.3. The van der Waals surface area contributed by atoms with Crippen molar-refractivity contribution in [1.29, 1.82) is 0 Å². The van der Waals surface area contributed by atoms with Gasteiger partial charge in [0, 0.05) is 11.4 Å². The number of anilines is 2. The molecule has 0 aromatic heterocycles. The molecule has 0 spiro atoms. The molecule has 0 saturated carbocycles. The first-order valence-corrected chi connectivity index (χ1v) is 7.27. The number of hydrogen-bond donors (Lipinski definition) is 2. The van der Waals surface area contributed by atoms with E-state index >= 15 is 0 Å². The second-order valence-corrected chi connectivity index (χ2v) is 5.64. The van der Waals surface area contributed by atoms with Gasteiger partial charge in [0.05, 0.1) is 0 Å². The summed E-state index contributed by atoms with van der Waals surface area (Å²) in [6.07, 6.45) is 0. The van der Waals surface area contributed by atoms with Gasteiger partial charge in [0.2, 0.25) is 5.91 Å². The third-order valence-corrected chi connectivity index (χ3v) is 3.59. The lowest BCUT2D eigenvalue weighted by molar-refractivity contribution is -0.116. The summed E-state index contributed by atoms with van der Waals surface area (Å²) in [6.45, 7) is 7.41. The van der Waals surface area contributed by atoms with Crippen LogP contribution in [0.5, 0.6) is 0 Å². The summed E-state index contributed by atoms with van der Waals surface area (Å²) >= 11 is 0. The topological polar surface area (TPSA) is 41.1 Å². The average Bonchev–Trinajstić information content (AvgIpc) is 2.45. The molecule has 2 rings (SSSR count). The van der Waals surface area contributed by atoms with Crippen molar-refractivity contribution in [2.45, 2.75) is 33.7 Å².